The quantitative estimate of drug-likeness (QED) is 0.653. The van der Waals surface area contributed by atoms with Gasteiger partial charge in [-0.1, -0.05) is 0 Å². The topological polar surface area (TPSA) is 35.1 Å². The number of hydrogen-bond acceptors (Lipinski definition) is 2. The van der Waals surface area contributed by atoms with Crippen molar-refractivity contribution in [2.75, 3.05) is 0 Å². The minimum absolute atomic E-state index is 0.0781. The molecule has 0 fully saturated rings. The Labute approximate surface area is 75.6 Å². The maximum atomic E-state index is 11.6. The minimum Gasteiger partial charge on any atom is -0.461 e. The lowest BCUT2D eigenvalue weighted by molar-refractivity contribution is 0.101. The van der Waals surface area contributed by atoms with Crippen molar-refractivity contribution < 1.29 is 9.21 Å². The number of rotatable bonds is 2. The molecule has 0 aliphatic heterocycles. The van der Waals surface area contributed by atoms with Crippen molar-refractivity contribution in [3.63, 3.8) is 0 Å². The molecule has 66 valence electrons. The molecule has 0 spiro atoms. The molecule has 0 bridgehead atoms. The Kier molecular flexibility index (Phi) is 1.77. The Hall–Kier alpha value is -1.77. The van der Waals surface area contributed by atoms with E-state index in [-0.39, 0.29) is 5.78 Å². The van der Waals surface area contributed by atoms with Crippen LogP contribution in [-0.2, 0) is 7.05 Å². The second-order valence-electron chi connectivity index (χ2n) is 2.87. The SMILES string of the molecule is Cn1ccc(C(=O)c2ccco2)c1. The first-order valence-corrected chi connectivity index (χ1v) is 3.97. The molecule has 0 saturated heterocycles. The van der Waals surface area contributed by atoms with Crippen molar-refractivity contribution in [2.45, 2.75) is 0 Å². The number of furan rings is 1. The first-order chi connectivity index (χ1) is 6.27. The Morgan fingerprint density at radius 1 is 1.46 bits per heavy atom. The van der Waals surface area contributed by atoms with Crippen LogP contribution >= 0.6 is 0 Å². The predicted molar refractivity (Wildman–Crippen MR) is 47.6 cm³/mol. The highest BCUT2D eigenvalue weighted by Crippen LogP contribution is 2.09. The molecule has 2 aromatic rings. The molecule has 2 aromatic heterocycles. The summed E-state index contributed by atoms with van der Waals surface area (Å²) in [5, 5.41) is 0. The van der Waals surface area contributed by atoms with Crippen LogP contribution < -0.4 is 0 Å². The second kappa shape index (κ2) is 2.94. The second-order valence-corrected chi connectivity index (χ2v) is 2.87. The highest BCUT2D eigenvalue weighted by atomic mass is 16.3. The van der Waals surface area contributed by atoms with E-state index in [1.54, 1.807) is 24.4 Å². The van der Waals surface area contributed by atoms with E-state index in [2.05, 4.69) is 0 Å². The van der Waals surface area contributed by atoms with E-state index < -0.39 is 0 Å². The molecule has 3 heteroatoms. The van der Waals surface area contributed by atoms with Gasteiger partial charge in [-0.05, 0) is 18.2 Å². The van der Waals surface area contributed by atoms with Crippen molar-refractivity contribution in [3.8, 4) is 0 Å². The summed E-state index contributed by atoms with van der Waals surface area (Å²) >= 11 is 0. The van der Waals surface area contributed by atoms with Gasteiger partial charge in [0.05, 0.1) is 6.26 Å². The number of hydrogen-bond donors (Lipinski definition) is 0. The molecule has 0 saturated carbocycles. The molecule has 2 heterocycles. The number of carbonyl (C=O) groups is 1. The fourth-order valence-electron chi connectivity index (χ4n) is 1.19. The summed E-state index contributed by atoms with van der Waals surface area (Å²) < 4.78 is 6.83. The Morgan fingerprint density at radius 3 is 2.85 bits per heavy atom. The zero-order valence-electron chi connectivity index (χ0n) is 7.23. The number of carbonyl (C=O) groups excluding carboxylic acids is 1. The van der Waals surface area contributed by atoms with Crippen LogP contribution in [0.1, 0.15) is 16.1 Å². The van der Waals surface area contributed by atoms with E-state index >= 15 is 0 Å². The Balaban J connectivity index is 2.33. The van der Waals surface area contributed by atoms with Gasteiger partial charge in [-0.25, -0.2) is 0 Å². The van der Waals surface area contributed by atoms with E-state index in [1.807, 2.05) is 17.8 Å². The number of aromatic nitrogens is 1. The number of aryl methyl sites for hydroxylation is 1. The molecule has 0 unspecified atom stereocenters. The molecule has 0 radical (unpaired) electrons. The van der Waals surface area contributed by atoms with Gasteiger partial charge in [-0.2, -0.15) is 0 Å². The van der Waals surface area contributed by atoms with Crippen LogP contribution in [0, 0.1) is 0 Å². The largest absolute Gasteiger partial charge is 0.461 e. The zero-order valence-corrected chi connectivity index (χ0v) is 7.23. The van der Waals surface area contributed by atoms with Crippen LogP contribution in [0.5, 0.6) is 0 Å². The molecule has 0 N–H and O–H groups in total. The van der Waals surface area contributed by atoms with Gasteiger partial charge >= 0.3 is 0 Å². The van der Waals surface area contributed by atoms with E-state index in [0.29, 0.717) is 11.3 Å². The normalized spacial score (nSPS) is 10.2. The minimum atomic E-state index is -0.0781. The first-order valence-electron chi connectivity index (χ1n) is 3.97. The Morgan fingerprint density at radius 2 is 2.31 bits per heavy atom. The van der Waals surface area contributed by atoms with E-state index in [1.165, 1.54) is 6.26 Å². The van der Waals surface area contributed by atoms with Crippen molar-refractivity contribution in [1.29, 1.82) is 0 Å². The standard InChI is InChI=1S/C10H9NO2/c1-11-5-4-8(7-11)10(12)9-3-2-6-13-9/h2-7H,1H3. The molecule has 13 heavy (non-hydrogen) atoms. The molecule has 2 rings (SSSR count). The third-order valence-corrected chi connectivity index (χ3v) is 1.84. The van der Waals surface area contributed by atoms with Crippen molar-refractivity contribution in [3.05, 3.63) is 48.2 Å². The molecule has 0 aliphatic rings. The van der Waals surface area contributed by atoms with Gasteiger partial charge in [0.25, 0.3) is 0 Å². The summed E-state index contributed by atoms with van der Waals surface area (Å²) in [7, 11) is 1.87. The van der Waals surface area contributed by atoms with Gasteiger partial charge in [0, 0.05) is 25.0 Å². The van der Waals surface area contributed by atoms with Crippen LogP contribution in [0.15, 0.2) is 41.3 Å². The van der Waals surface area contributed by atoms with Crippen LogP contribution in [0.2, 0.25) is 0 Å². The summed E-state index contributed by atoms with van der Waals surface area (Å²) in [4.78, 5) is 11.6. The molecule has 0 aliphatic carbocycles. The first kappa shape index (κ1) is 7.86. The molecule has 0 amide bonds. The average molecular weight is 175 g/mol. The zero-order chi connectivity index (χ0) is 9.26. The van der Waals surface area contributed by atoms with Gasteiger partial charge in [-0.15, -0.1) is 0 Å². The van der Waals surface area contributed by atoms with E-state index in [4.69, 9.17) is 4.42 Å². The highest BCUT2D eigenvalue weighted by molar-refractivity contribution is 6.06. The summed E-state index contributed by atoms with van der Waals surface area (Å²) in [6, 6.07) is 5.14. The molecular weight excluding hydrogens is 166 g/mol. The third-order valence-electron chi connectivity index (χ3n) is 1.84. The summed E-state index contributed by atoms with van der Waals surface area (Å²) in [5.74, 6) is 0.303. The molecular formula is C10H9NO2. The van der Waals surface area contributed by atoms with E-state index in [9.17, 15) is 4.79 Å². The van der Waals surface area contributed by atoms with E-state index in [0.717, 1.165) is 0 Å². The van der Waals surface area contributed by atoms with Crippen molar-refractivity contribution in [2.24, 2.45) is 7.05 Å². The molecule has 3 nitrogen and oxygen atoms in total. The smallest absolute Gasteiger partial charge is 0.229 e. The van der Waals surface area contributed by atoms with Crippen molar-refractivity contribution >= 4 is 5.78 Å². The van der Waals surface area contributed by atoms with Gasteiger partial charge < -0.3 is 8.98 Å². The van der Waals surface area contributed by atoms with Crippen LogP contribution in [0.3, 0.4) is 0 Å². The van der Waals surface area contributed by atoms with Gasteiger partial charge in [0.1, 0.15) is 0 Å². The fraction of sp³-hybridized carbons (Fsp3) is 0.100. The van der Waals surface area contributed by atoms with Gasteiger partial charge in [0.2, 0.25) is 5.78 Å². The average Bonchev–Trinajstić information content (AvgIpc) is 2.72. The molecule has 0 atom stereocenters. The lowest BCUT2D eigenvalue weighted by Gasteiger charge is -1.91. The van der Waals surface area contributed by atoms with Gasteiger partial charge in [-0.3, -0.25) is 4.79 Å². The predicted octanol–water partition coefficient (Wildman–Crippen LogP) is 1.85. The van der Waals surface area contributed by atoms with Crippen LogP contribution in [0.4, 0.5) is 0 Å². The summed E-state index contributed by atoms with van der Waals surface area (Å²) in [5.41, 5.74) is 0.650. The van der Waals surface area contributed by atoms with Gasteiger partial charge in [0.15, 0.2) is 5.76 Å². The van der Waals surface area contributed by atoms with Crippen LogP contribution in [-0.4, -0.2) is 10.4 Å². The maximum absolute atomic E-state index is 11.6. The molecule has 0 aromatic carbocycles. The maximum Gasteiger partial charge on any atom is 0.229 e. The lowest BCUT2D eigenvalue weighted by atomic mass is 10.2. The third kappa shape index (κ3) is 1.40. The fourth-order valence-corrected chi connectivity index (χ4v) is 1.19. The van der Waals surface area contributed by atoms with Crippen LogP contribution in [0.25, 0.3) is 0 Å². The number of nitrogens with zero attached hydrogens (tertiary/aromatic N) is 1. The monoisotopic (exact) mass is 175 g/mol. The summed E-state index contributed by atoms with van der Waals surface area (Å²) in [6.45, 7) is 0. The lowest BCUT2D eigenvalue weighted by Crippen LogP contribution is -1.97. The highest BCUT2D eigenvalue weighted by Gasteiger charge is 2.11. The Bertz CT molecular complexity index is 412. The van der Waals surface area contributed by atoms with Crippen molar-refractivity contribution in [1.82, 2.24) is 4.57 Å². The summed E-state index contributed by atoms with van der Waals surface area (Å²) in [6.07, 6.45) is 5.09. The number of ketones is 1.